The van der Waals surface area contributed by atoms with Crippen LogP contribution in [0.25, 0.3) is 0 Å². The van der Waals surface area contributed by atoms with Crippen molar-refractivity contribution >= 4 is 21.9 Å². The number of ether oxygens (including phenoxy) is 1. The predicted molar refractivity (Wildman–Crippen MR) is 92.6 cm³/mol. The van der Waals surface area contributed by atoms with Gasteiger partial charge in [-0.05, 0) is 37.5 Å². The summed E-state index contributed by atoms with van der Waals surface area (Å²) in [6.45, 7) is 1.39. The van der Waals surface area contributed by atoms with Crippen LogP contribution in [0.4, 0.5) is 0 Å². The molecule has 2 saturated heterocycles. The van der Waals surface area contributed by atoms with Crippen LogP contribution in [0.5, 0.6) is 5.75 Å². The molecule has 1 aromatic carbocycles. The topological polar surface area (TPSA) is 104 Å². The van der Waals surface area contributed by atoms with Crippen LogP contribution in [0.15, 0.2) is 23.1 Å². The molecule has 0 spiro atoms. The van der Waals surface area contributed by atoms with Crippen molar-refractivity contribution in [2.45, 2.75) is 24.2 Å². The second-order valence-electron chi connectivity index (χ2n) is 6.55. The first kappa shape index (κ1) is 18.7. The van der Waals surface area contributed by atoms with Gasteiger partial charge in [-0.1, -0.05) is 0 Å². The van der Waals surface area contributed by atoms with Crippen LogP contribution in [-0.2, 0) is 14.8 Å². The SMILES string of the molecule is COc1ccc(C(=O)N2CCC(C(=O)O)C2)cc1S(=O)(=O)N1CCCC1. The number of nitrogens with zero attached hydrogens (tertiary/aromatic N) is 2. The van der Waals surface area contributed by atoms with Crippen LogP contribution in [0.3, 0.4) is 0 Å². The summed E-state index contributed by atoms with van der Waals surface area (Å²) < 4.78 is 32.4. The van der Waals surface area contributed by atoms with Crippen molar-refractivity contribution in [3.63, 3.8) is 0 Å². The van der Waals surface area contributed by atoms with Crippen LogP contribution in [0.2, 0.25) is 0 Å². The molecule has 2 fully saturated rings. The van der Waals surface area contributed by atoms with Crippen LogP contribution in [-0.4, -0.2) is 67.9 Å². The number of hydrogen-bond donors (Lipinski definition) is 1. The van der Waals surface area contributed by atoms with Gasteiger partial charge in [0, 0.05) is 31.7 Å². The summed E-state index contributed by atoms with van der Waals surface area (Å²) >= 11 is 0. The fourth-order valence-electron chi connectivity index (χ4n) is 3.41. The first-order chi connectivity index (χ1) is 12.3. The molecule has 1 amide bonds. The molecule has 1 N–H and O–H groups in total. The quantitative estimate of drug-likeness (QED) is 0.816. The number of carbonyl (C=O) groups is 2. The van der Waals surface area contributed by atoms with Gasteiger partial charge in [-0.25, -0.2) is 8.42 Å². The third-order valence-corrected chi connectivity index (χ3v) is 6.84. The molecule has 0 radical (unpaired) electrons. The van der Waals surface area contributed by atoms with Gasteiger partial charge in [0.1, 0.15) is 10.6 Å². The maximum absolute atomic E-state index is 12.9. The summed E-state index contributed by atoms with van der Waals surface area (Å²) in [5.74, 6) is -1.68. The Morgan fingerprint density at radius 2 is 1.88 bits per heavy atom. The summed E-state index contributed by atoms with van der Waals surface area (Å²) in [5.41, 5.74) is 0.217. The van der Waals surface area contributed by atoms with Crippen LogP contribution in [0.1, 0.15) is 29.6 Å². The minimum atomic E-state index is -3.74. The van der Waals surface area contributed by atoms with Gasteiger partial charge in [0.25, 0.3) is 5.91 Å². The molecule has 9 heteroatoms. The first-order valence-corrected chi connectivity index (χ1v) is 9.99. The summed E-state index contributed by atoms with van der Waals surface area (Å²) in [5, 5.41) is 9.08. The summed E-state index contributed by atoms with van der Waals surface area (Å²) in [6, 6.07) is 4.32. The average molecular weight is 382 g/mol. The lowest BCUT2D eigenvalue weighted by Crippen LogP contribution is -2.31. The highest BCUT2D eigenvalue weighted by atomic mass is 32.2. The van der Waals surface area contributed by atoms with Crippen molar-refractivity contribution in [1.82, 2.24) is 9.21 Å². The zero-order valence-electron chi connectivity index (χ0n) is 14.6. The van der Waals surface area contributed by atoms with Gasteiger partial charge in [-0.15, -0.1) is 0 Å². The zero-order chi connectivity index (χ0) is 18.9. The van der Waals surface area contributed by atoms with Gasteiger partial charge in [0.2, 0.25) is 10.0 Å². The first-order valence-electron chi connectivity index (χ1n) is 8.55. The van der Waals surface area contributed by atoms with E-state index in [0.29, 0.717) is 26.1 Å². The number of benzene rings is 1. The number of sulfonamides is 1. The zero-order valence-corrected chi connectivity index (χ0v) is 15.4. The molecule has 1 unspecified atom stereocenters. The number of methoxy groups -OCH3 is 1. The number of rotatable bonds is 5. The molecule has 8 nitrogen and oxygen atoms in total. The van der Waals surface area contributed by atoms with Gasteiger partial charge in [0.15, 0.2) is 0 Å². The van der Waals surface area contributed by atoms with Crippen molar-refractivity contribution in [3.05, 3.63) is 23.8 Å². The van der Waals surface area contributed by atoms with E-state index < -0.39 is 21.9 Å². The Kier molecular flexibility index (Phi) is 5.19. The molecular weight excluding hydrogens is 360 g/mol. The second-order valence-corrected chi connectivity index (χ2v) is 8.46. The van der Waals surface area contributed by atoms with Crippen molar-refractivity contribution in [2.75, 3.05) is 33.3 Å². The molecule has 26 heavy (non-hydrogen) atoms. The molecular formula is C17H22N2O6S. The number of carboxylic acid groups (broad SMARTS) is 1. The van der Waals surface area contributed by atoms with Crippen molar-refractivity contribution in [2.24, 2.45) is 5.92 Å². The van der Waals surface area contributed by atoms with E-state index in [1.807, 2.05) is 0 Å². The Hall–Kier alpha value is -2.13. The maximum atomic E-state index is 12.9. The van der Waals surface area contributed by atoms with E-state index in [4.69, 9.17) is 9.84 Å². The molecule has 2 heterocycles. The maximum Gasteiger partial charge on any atom is 0.308 e. The van der Waals surface area contributed by atoms with Crippen LogP contribution in [0, 0.1) is 5.92 Å². The highest BCUT2D eigenvalue weighted by molar-refractivity contribution is 7.89. The van der Waals surface area contributed by atoms with Gasteiger partial charge in [-0.3, -0.25) is 9.59 Å². The number of likely N-dealkylation sites (tertiary alicyclic amines) is 1. The van der Waals surface area contributed by atoms with Crippen molar-refractivity contribution < 1.29 is 27.9 Å². The molecule has 2 aliphatic heterocycles. The number of amides is 1. The molecule has 2 aliphatic rings. The standard InChI is InChI=1S/C17H22N2O6S/c1-25-14-5-4-12(16(20)18-9-6-13(11-18)17(21)22)10-15(14)26(23,24)19-7-2-3-8-19/h4-5,10,13H,2-3,6-9,11H2,1H3,(H,21,22). The molecule has 0 saturated carbocycles. The van der Waals surface area contributed by atoms with Gasteiger partial charge >= 0.3 is 5.97 Å². The second kappa shape index (κ2) is 7.24. The monoisotopic (exact) mass is 382 g/mol. The average Bonchev–Trinajstić information content (AvgIpc) is 3.32. The third kappa shape index (κ3) is 3.41. The summed E-state index contributed by atoms with van der Waals surface area (Å²) in [4.78, 5) is 25.2. The lowest BCUT2D eigenvalue weighted by molar-refractivity contribution is -0.141. The van der Waals surface area contributed by atoms with Gasteiger partial charge < -0.3 is 14.7 Å². The fraction of sp³-hybridized carbons (Fsp3) is 0.529. The number of carboxylic acids is 1. The molecule has 0 aliphatic carbocycles. The van der Waals surface area contributed by atoms with Gasteiger partial charge in [-0.2, -0.15) is 4.31 Å². The lowest BCUT2D eigenvalue weighted by Gasteiger charge is -2.20. The van der Waals surface area contributed by atoms with E-state index in [9.17, 15) is 18.0 Å². The predicted octanol–water partition coefficient (Wildman–Crippen LogP) is 1.03. The Morgan fingerprint density at radius 3 is 2.46 bits per heavy atom. The minimum Gasteiger partial charge on any atom is -0.495 e. The Balaban J connectivity index is 1.90. The third-order valence-electron chi connectivity index (χ3n) is 4.92. The number of aliphatic carboxylic acids is 1. The van der Waals surface area contributed by atoms with E-state index in [2.05, 4.69) is 0 Å². The van der Waals surface area contributed by atoms with Crippen LogP contribution >= 0.6 is 0 Å². The van der Waals surface area contributed by atoms with Crippen LogP contribution < -0.4 is 4.74 Å². The molecule has 3 rings (SSSR count). The number of hydrogen-bond acceptors (Lipinski definition) is 5. The van der Waals surface area contributed by atoms with Gasteiger partial charge in [0.05, 0.1) is 13.0 Å². The fourth-order valence-corrected chi connectivity index (χ4v) is 5.11. The normalized spacial score (nSPS) is 21.1. The van der Waals surface area contributed by atoms with E-state index in [1.165, 1.54) is 34.5 Å². The highest BCUT2D eigenvalue weighted by Crippen LogP contribution is 2.30. The van der Waals surface area contributed by atoms with E-state index in [-0.39, 0.29) is 28.7 Å². The number of carbonyl (C=O) groups excluding carboxylic acids is 1. The molecule has 142 valence electrons. The van der Waals surface area contributed by atoms with Crippen molar-refractivity contribution in [1.29, 1.82) is 0 Å². The smallest absolute Gasteiger partial charge is 0.308 e. The molecule has 0 aromatic heterocycles. The molecule has 0 bridgehead atoms. The largest absolute Gasteiger partial charge is 0.495 e. The van der Waals surface area contributed by atoms with E-state index in [1.54, 1.807) is 0 Å². The Bertz CT molecular complexity index is 817. The summed E-state index contributed by atoms with van der Waals surface area (Å²) in [7, 11) is -2.36. The summed E-state index contributed by atoms with van der Waals surface area (Å²) in [6.07, 6.45) is 2.02. The minimum absolute atomic E-state index is 0.0262. The lowest BCUT2D eigenvalue weighted by atomic mass is 10.1. The molecule has 1 atom stereocenters. The highest BCUT2D eigenvalue weighted by Gasteiger charge is 2.34. The van der Waals surface area contributed by atoms with Crippen molar-refractivity contribution in [3.8, 4) is 5.75 Å². The Morgan fingerprint density at radius 1 is 1.19 bits per heavy atom. The van der Waals surface area contributed by atoms with E-state index >= 15 is 0 Å². The van der Waals surface area contributed by atoms with E-state index in [0.717, 1.165) is 12.8 Å². The molecule has 1 aromatic rings. The Labute approximate surface area is 152 Å².